The summed E-state index contributed by atoms with van der Waals surface area (Å²) in [5.74, 6) is 0. The van der Waals surface area contributed by atoms with E-state index in [4.69, 9.17) is 4.74 Å². The molecule has 4 rings (SSSR count). The van der Waals surface area contributed by atoms with Crippen molar-refractivity contribution < 1.29 is 9.53 Å². The van der Waals surface area contributed by atoms with Crippen LogP contribution < -0.4 is 0 Å². The molecule has 1 amide bonds. The van der Waals surface area contributed by atoms with Gasteiger partial charge in [-0.1, -0.05) is 24.3 Å². The van der Waals surface area contributed by atoms with Gasteiger partial charge in [0.1, 0.15) is 5.60 Å². The van der Waals surface area contributed by atoms with Gasteiger partial charge in [0.15, 0.2) is 0 Å². The van der Waals surface area contributed by atoms with Crippen molar-refractivity contribution in [3.63, 3.8) is 0 Å². The molecule has 0 bridgehead atoms. The standard InChI is InChI=1S/C24H37N3O2/c1-23(2,3)29-22(28)26-13-11-24(4,12-14-26)27-17-15-25(16-18-27)21-10-9-19-7-5-6-8-20(19)21/h5-8,21H,9-18H2,1-4H3. The number of hydrogen-bond acceptors (Lipinski definition) is 4. The maximum absolute atomic E-state index is 12.4. The molecule has 5 nitrogen and oxygen atoms in total. The number of aryl methyl sites for hydroxylation is 1. The van der Waals surface area contributed by atoms with E-state index in [-0.39, 0.29) is 11.6 Å². The summed E-state index contributed by atoms with van der Waals surface area (Å²) in [5.41, 5.74) is 2.87. The summed E-state index contributed by atoms with van der Waals surface area (Å²) >= 11 is 0. The maximum atomic E-state index is 12.4. The fourth-order valence-corrected chi connectivity index (χ4v) is 5.30. The van der Waals surface area contributed by atoms with E-state index in [1.165, 1.54) is 12.8 Å². The maximum Gasteiger partial charge on any atom is 0.410 e. The molecule has 2 fully saturated rings. The summed E-state index contributed by atoms with van der Waals surface area (Å²) < 4.78 is 5.56. The first-order valence-corrected chi connectivity index (χ1v) is 11.3. The van der Waals surface area contributed by atoms with E-state index in [1.807, 2.05) is 25.7 Å². The molecule has 29 heavy (non-hydrogen) atoms. The Bertz CT molecular complexity index is 726. The number of benzene rings is 1. The molecule has 1 atom stereocenters. The number of hydrogen-bond donors (Lipinski definition) is 0. The number of piperazine rings is 1. The van der Waals surface area contributed by atoms with E-state index in [0.29, 0.717) is 6.04 Å². The van der Waals surface area contributed by atoms with Gasteiger partial charge in [0.2, 0.25) is 0 Å². The van der Waals surface area contributed by atoms with Gasteiger partial charge in [0.25, 0.3) is 0 Å². The number of carbonyl (C=O) groups excluding carboxylic acids is 1. The van der Waals surface area contributed by atoms with Crippen LogP contribution in [0.2, 0.25) is 0 Å². The molecule has 0 spiro atoms. The molecule has 1 unspecified atom stereocenters. The molecule has 2 aliphatic heterocycles. The van der Waals surface area contributed by atoms with Crippen molar-refractivity contribution in [2.45, 2.75) is 70.6 Å². The van der Waals surface area contributed by atoms with Crippen molar-refractivity contribution >= 4 is 6.09 Å². The molecule has 0 radical (unpaired) electrons. The van der Waals surface area contributed by atoms with Crippen LogP contribution in [0, 0.1) is 0 Å². The zero-order valence-corrected chi connectivity index (χ0v) is 18.6. The van der Waals surface area contributed by atoms with E-state index < -0.39 is 5.60 Å². The number of amides is 1. The lowest BCUT2D eigenvalue weighted by molar-refractivity contribution is -0.0209. The normalized spacial score (nSPS) is 25.7. The smallest absolute Gasteiger partial charge is 0.410 e. The van der Waals surface area contributed by atoms with Crippen LogP contribution in [0.25, 0.3) is 0 Å². The lowest BCUT2D eigenvalue weighted by Gasteiger charge is -2.50. The van der Waals surface area contributed by atoms with Crippen molar-refractivity contribution in [2.75, 3.05) is 39.3 Å². The van der Waals surface area contributed by atoms with Gasteiger partial charge in [0.05, 0.1) is 0 Å². The molecule has 2 heterocycles. The lowest BCUT2D eigenvalue weighted by Crippen LogP contribution is -2.60. The highest BCUT2D eigenvalue weighted by atomic mass is 16.6. The molecule has 5 heteroatoms. The van der Waals surface area contributed by atoms with E-state index in [2.05, 4.69) is 41.0 Å². The number of nitrogens with zero attached hydrogens (tertiary/aromatic N) is 3. The highest BCUT2D eigenvalue weighted by Crippen LogP contribution is 2.37. The molecular formula is C24H37N3O2. The molecule has 1 aromatic rings. The van der Waals surface area contributed by atoms with Gasteiger partial charge in [-0.25, -0.2) is 4.79 Å². The highest BCUT2D eigenvalue weighted by Gasteiger charge is 2.40. The van der Waals surface area contributed by atoms with Crippen LogP contribution in [0.15, 0.2) is 24.3 Å². The first-order chi connectivity index (χ1) is 13.8. The summed E-state index contributed by atoms with van der Waals surface area (Å²) in [6.07, 6.45) is 4.38. The van der Waals surface area contributed by atoms with Crippen molar-refractivity contribution in [3.05, 3.63) is 35.4 Å². The first kappa shape index (κ1) is 20.7. The van der Waals surface area contributed by atoms with E-state index >= 15 is 0 Å². The lowest BCUT2D eigenvalue weighted by atomic mass is 9.87. The Morgan fingerprint density at radius 3 is 2.34 bits per heavy atom. The SMILES string of the molecule is CC(C)(C)OC(=O)N1CCC(C)(N2CCN(C3CCc4ccccc43)CC2)CC1. The minimum Gasteiger partial charge on any atom is -0.444 e. The van der Waals surface area contributed by atoms with Gasteiger partial charge in [-0.15, -0.1) is 0 Å². The third kappa shape index (κ3) is 4.46. The van der Waals surface area contributed by atoms with Gasteiger partial charge in [0, 0.05) is 50.8 Å². The van der Waals surface area contributed by atoms with Crippen molar-refractivity contribution in [2.24, 2.45) is 0 Å². The predicted molar refractivity (Wildman–Crippen MR) is 116 cm³/mol. The summed E-state index contributed by atoms with van der Waals surface area (Å²) in [4.78, 5) is 19.6. The molecule has 3 aliphatic rings. The van der Waals surface area contributed by atoms with E-state index in [1.54, 1.807) is 11.1 Å². The number of carbonyl (C=O) groups is 1. The number of rotatable bonds is 2. The van der Waals surface area contributed by atoms with Crippen LogP contribution in [-0.4, -0.2) is 71.2 Å². The fraction of sp³-hybridized carbons (Fsp3) is 0.708. The van der Waals surface area contributed by atoms with Gasteiger partial charge < -0.3 is 9.64 Å². The summed E-state index contributed by atoms with van der Waals surface area (Å²) in [5, 5.41) is 0. The Balaban J connectivity index is 1.30. The Labute approximate surface area is 176 Å². The number of ether oxygens (including phenoxy) is 1. The summed E-state index contributed by atoms with van der Waals surface area (Å²) in [6, 6.07) is 9.59. The largest absolute Gasteiger partial charge is 0.444 e. The topological polar surface area (TPSA) is 36.0 Å². The summed E-state index contributed by atoms with van der Waals surface area (Å²) in [6.45, 7) is 14.3. The Kier molecular flexibility index (Phi) is 5.64. The van der Waals surface area contributed by atoms with Crippen LogP contribution in [0.4, 0.5) is 4.79 Å². The second-order valence-corrected chi connectivity index (χ2v) is 10.2. The Morgan fingerprint density at radius 1 is 1.03 bits per heavy atom. The third-order valence-corrected chi connectivity index (χ3v) is 7.11. The second-order valence-electron chi connectivity index (χ2n) is 10.2. The fourth-order valence-electron chi connectivity index (χ4n) is 5.30. The number of likely N-dealkylation sites (tertiary alicyclic amines) is 1. The zero-order valence-electron chi connectivity index (χ0n) is 18.6. The van der Waals surface area contributed by atoms with Gasteiger partial charge in [-0.3, -0.25) is 9.80 Å². The quantitative estimate of drug-likeness (QED) is 0.751. The van der Waals surface area contributed by atoms with Crippen LogP contribution in [0.5, 0.6) is 0 Å². The molecule has 160 valence electrons. The van der Waals surface area contributed by atoms with Crippen LogP contribution in [0.1, 0.15) is 64.1 Å². The zero-order chi connectivity index (χ0) is 20.6. The molecular weight excluding hydrogens is 362 g/mol. The molecule has 1 aliphatic carbocycles. The minimum absolute atomic E-state index is 0.163. The molecule has 0 N–H and O–H groups in total. The average molecular weight is 400 g/mol. The molecule has 0 aromatic heterocycles. The van der Waals surface area contributed by atoms with E-state index in [0.717, 1.165) is 52.1 Å². The highest BCUT2D eigenvalue weighted by molar-refractivity contribution is 5.68. The van der Waals surface area contributed by atoms with Gasteiger partial charge in [-0.05, 0) is 64.5 Å². The Hall–Kier alpha value is -1.59. The minimum atomic E-state index is -0.424. The first-order valence-electron chi connectivity index (χ1n) is 11.3. The van der Waals surface area contributed by atoms with Crippen molar-refractivity contribution in [1.29, 1.82) is 0 Å². The third-order valence-electron chi connectivity index (χ3n) is 7.11. The van der Waals surface area contributed by atoms with E-state index in [9.17, 15) is 4.79 Å². The van der Waals surface area contributed by atoms with Crippen molar-refractivity contribution in [3.8, 4) is 0 Å². The van der Waals surface area contributed by atoms with Gasteiger partial charge >= 0.3 is 6.09 Å². The molecule has 1 aromatic carbocycles. The summed E-state index contributed by atoms with van der Waals surface area (Å²) in [7, 11) is 0. The second kappa shape index (κ2) is 7.92. The number of piperidine rings is 1. The van der Waals surface area contributed by atoms with Crippen LogP contribution in [0.3, 0.4) is 0 Å². The Morgan fingerprint density at radius 2 is 1.69 bits per heavy atom. The van der Waals surface area contributed by atoms with Crippen molar-refractivity contribution in [1.82, 2.24) is 14.7 Å². The monoisotopic (exact) mass is 399 g/mol. The number of fused-ring (bicyclic) bond motifs is 1. The van der Waals surface area contributed by atoms with Crippen LogP contribution in [-0.2, 0) is 11.2 Å². The molecule has 2 saturated heterocycles. The van der Waals surface area contributed by atoms with Crippen LogP contribution >= 0.6 is 0 Å². The average Bonchev–Trinajstić information content (AvgIpc) is 3.11. The van der Waals surface area contributed by atoms with Gasteiger partial charge in [-0.2, -0.15) is 0 Å². The predicted octanol–water partition coefficient (Wildman–Crippen LogP) is 4.08. The molecule has 0 saturated carbocycles.